The van der Waals surface area contributed by atoms with Crippen LogP contribution in [0.25, 0.3) is 0 Å². The van der Waals surface area contributed by atoms with Crippen LogP contribution in [0.4, 0.5) is 24.7 Å². The third-order valence-electron chi connectivity index (χ3n) is 5.04. The predicted molar refractivity (Wildman–Crippen MR) is 106 cm³/mol. The average Bonchev–Trinajstić information content (AvgIpc) is 3.20. The van der Waals surface area contributed by atoms with Crippen molar-refractivity contribution in [3.63, 3.8) is 0 Å². The van der Waals surface area contributed by atoms with E-state index >= 15 is 0 Å². The fourth-order valence-electron chi connectivity index (χ4n) is 3.53. The summed E-state index contributed by atoms with van der Waals surface area (Å²) in [5.41, 5.74) is 1.59. The minimum absolute atomic E-state index is 0.336. The van der Waals surface area contributed by atoms with Gasteiger partial charge in [0, 0.05) is 29.9 Å². The van der Waals surface area contributed by atoms with Gasteiger partial charge >= 0.3 is 6.18 Å². The summed E-state index contributed by atoms with van der Waals surface area (Å²) in [5, 5.41) is 12.1. The average molecular weight is 410 g/mol. The molecule has 0 bridgehead atoms. The molecular weight excluding hydrogens is 393 g/mol. The minimum atomic E-state index is -4.59. The van der Waals surface area contributed by atoms with Crippen LogP contribution < -0.4 is 10.2 Å². The Labute approximate surface area is 171 Å². The number of hydrogen-bond acceptors (Lipinski definition) is 5. The van der Waals surface area contributed by atoms with E-state index in [9.17, 15) is 13.2 Å². The Hall–Kier alpha value is -3.67. The number of halogens is 3. The fraction of sp³-hybridized carbons (Fsp3) is 0.238. The Kier molecular flexibility index (Phi) is 4.99. The molecular formula is C21H17F3N6. The molecule has 3 heterocycles. The van der Waals surface area contributed by atoms with Gasteiger partial charge in [-0.3, -0.25) is 0 Å². The van der Waals surface area contributed by atoms with E-state index in [1.54, 1.807) is 12.1 Å². The summed E-state index contributed by atoms with van der Waals surface area (Å²) in [7, 11) is 0. The van der Waals surface area contributed by atoms with Crippen molar-refractivity contribution in [1.29, 1.82) is 5.26 Å². The Balaban J connectivity index is 1.61. The molecule has 0 amide bonds. The smallest absolute Gasteiger partial charge is 0.365 e. The van der Waals surface area contributed by atoms with E-state index in [0.717, 1.165) is 28.9 Å². The summed E-state index contributed by atoms with van der Waals surface area (Å²) in [5.74, 6) is 1.33. The summed E-state index contributed by atoms with van der Waals surface area (Å²) in [4.78, 5) is 15.0. The van der Waals surface area contributed by atoms with Crippen LogP contribution >= 0.6 is 0 Å². The molecule has 9 heteroatoms. The zero-order valence-corrected chi connectivity index (χ0v) is 15.9. The van der Waals surface area contributed by atoms with Gasteiger partial charge in [0.2, 0.25) is 0 Å². The van der Waals surface area contributed by atoms with Crippen LogP contribution in [-0.2, 0) is 19.1 Å². The molecule has 2 aromatic rings. The van der Waals surface area contributed by atoms with Gasteiger partial charge in [0.1, 0.15) is 12.2 Å². The molecule has 0 aliphatic carbocycles. The van der Waals surface area contributed by atoms with Gasteiger partial charge in [-0.2, -0.15) is 18.4 Å². The number of hydrogen-bond donors (Lipinski definition) is 1. The molecule has 6 nitrogen and oxygen atoms in total. The largest absolute Gasteiger partial charge is 0.417 e. The SMILES string of the molecule is C=CC1=CCC(=Nc2ncnc3c2CCN(c2ccc(C#N)c(C(F)(F)F)c2)C3)N1. The molecule has 0 spiro atoms. The first-order valence-corrected chi connectivity index (χ1v) is 9.25. The topological polar surface area (TPSA) is 77.2 Å². The number of aromatic nitrogens is 2. The summed E-state index contributed by atoms with van der Waals surface area (Å²) in [6.45, 7) is 4.55. The van der Waals surface area contributed by atoms with Crippen LogP contribution in [0.5, 0.6) is 0 Å². The zero-order chi connectivity index (χ0) is 21.3. The molecule has 0 saturated carbocycles. The molecule has 1 aromatic heterocycles. The van der Waals surface area contributed by atoms with Crippen LogP contribution in [0.2, 0.25) is 0 Å². The molecule has 0 fully saturated rings. The van der Waals surface area contributed by atoms with E-state index in [4.69, 9.17) is 5.26 Å². The number of allylic oxidation sites excluding steroid dienone is 1. The number of amidine groups is 1. The van der Waals surface area contributed by atoms with Gasteiger partial charge in [0.25, 0.3) is 0 Å². The first-order valence-electron chi connectivity index (χ1n) is 9.25. The van der Waals surface area contributed by atoms with Crippen LogP contribution in [0.1, 0.15) is 28.8 Å². The molecule has 2 aliphatic heterocycles. The maximum Gasteiger partial charge on any atom is 0.417 e. The van der Waals surface area contributed by atoms with E-state index in [-0.39, 0.29) is 5.56 Å². The van der Waals surface area contributed by atoms with Crippen molar-refractivity contribution >= 4 is 17.3 Å². The number of nitrogens with zero attached hydrogens (tertiary/aromatic N) is 5. The second-order valence-corrected chi connectivity index (χ2v) is 6.88. The third-order valence-corrected chi connectivity index (χ3v) is 5.04. The molecule has 152 valence electrons. The number of fused-ring (bicyclic) bond motifs is 1. The Bertz CT molecular complexity index is 1110. The highest BCUT2D eigenvalue weighted by Crippen LogP contribution is 2.36. The summed E-state index contributed by atoms with van der Waals surface area (Å²) < 4.78 is 39.9. The first-order chi connectivity index (χ1) is 14.4. The monoisotopic (exact) mass is 410 g/mol. The van der Waals surface area contributed by atoms with E-state index in [0.29, 0.717) is 37.4 Å². The van der Waals surface area contributed by atoms with Gasteiger partial charge in [-0.1, -0.05) is 12.7 Å². The molecule has 1 aromatic carbocycles. The molecule has 0 radical (unpaired) electrons. The van der Waals surface area contributed by atoms with Crippen molar-refractivity contribution in [1.82, 2.24) is 15.3 Å². The second kappa shape index (κ2) is 7.63. The molecule has 30 heavy (non-hydrogen) atoms. The molecule has 1 N–H and O–H groups in total. The van der Waals surface area contributed by atoms with Crippen LogP contribution in [0, 0.1) is 11.3 Å². The van der Waals surface area contributed by atoms with Crippen molar-refractivity contribution in [3.8, 4) is 6.07 Å². The van der Waals surface area contributed by atoms with Crippen molar-refractivity contribution in [2.24, 2.45) is 4.99 Å². The van der Waals surface area contributed by atoms with Gasteiger partial charge in [0.05, 0.1) is 29.4 Å². The highest BCUT2D eigenvalue weighted by Gasteiger charge is 2.34. The number of nitriles is 1. The molecule has 0 unspecified atom stereocenters. The Morgan fingerprint density at radius 2 is 2.13 bits per heavy atom. The van der Waals surface area contributed by atoms with Gasteiger partial charge < -0.3 is 10.2 Å². The molecule has 2 aliphatic rings. The quantitative estimate of drug-likeness (QED) is 0.827. The fourth-order valence-corrected chi connectivity index (χ4v) is 3.53. The normalized spacial score (nSPS) is 17.2. The maximum atomic E-state index is 13.3. The lowest BCUT2D eigenvalue weighted by molar-refractivity contribution is -0.137. The molecule has 4 rings (SSSR count). The Morgan fingerprint density at radius 3 is 2.83 bits per heavy atom. The number of aliphatic imine (C=N–C) groups is 1. The van der Waals surface area contributed by atoms with Crippen molar-refractivity contribution < 1.29 is 13.2 Å². The predicted octanol–water partition coefficient (Wildman–Crippen LogP) is 4.02. The molecule has 0 saturated heterocycles. The van der Waals surface area contributed by atoms with E-state index in [2.05, 4.69) is 26.9 Å². The second-order valence-electron chi connectivity index (χ2n) is 6.88. The summed E-state index contributed by atoms with van der Waals surface area (Å²) >= 11 is 0. The van der Waals surface area contributed by atoms with Gasteiger partial charge in [0.15, 0.2) is 5.82 Å². The lowest BCUT2D eigenvalue weighted by Gasteiger charge is -2.30. The highest BCUT2D eigenvalue weighted by molar-refractivity contribution is 5.90. The minimum Gasteiger partial charge on any atom is -0.365 e. The first kappa shape index (κ1) is 19.6. The molecule has 0 atom stereocenters. The number of rotatable bonds is 3. The lowest BCUT2D eigenvalue weighted by Crippen LogP contribution is -2.31. The van der Waals surface area contributed by atoms with E-state index in [1.165, 1.54) is 18.5 Å². The van der Waals surface area contributed by atoms with Crippen LogP contribution in [-0.4, -0.2) is 22.3 Å². The number of anilines is 1. The summed E-state index contributed by atoms with van der Waals surface area (Å²) in [6, 6.07) is 5.37. The van der Waals surface area contributed by atoms with E-state index in [1.807, 2.05) is 11.0 Å². The van der Waals surface area contributed by atoms with Crippen molar-refractivity contribution in [2.75, 3.05) is 11.4 Å². The third kappa shape index (κ3) is 3.76. The number of nitrogens with one attached hydrogen (secondary N) is 1. The van der Waals surface area contributed by atoms with Gasteiger partial charge in [-0.25, -0.2) is 15.0 Å². The maximum absolute atomic E-state index is 13.3. The number of alkyl halides is 3. The van der Waals surface area contributed by atoms with Crippen LogP contribution in [0.3, 0.4) is 0 Å². The van der Waals surface area contributed by atoms with Crippen molar-refractivity contribution in [3.05, 3.63) is 71.3 Å². The van der Waals surface area contributed by atoms with E-state index < -0.39 is 11.7 Å². The zero-order valence-electron chi connectivity index (χ0n) is 15.9. The van der Waals surface area contributed by atoms with Crippen molar-refractivity contribution in [2.45, 2.75) is 25.6 Å². The summed E-state index contributed by atoms with van der Waals surface area (Å²) in [6.07, 6.45) is 1.71. The van der Waals surface area contributed by atoms with Gasteiger partial charge in [-0.15, -0.1) is 0 Å². The highest BCUT2D eigenvalue weighted by atomic mass is 19.4. The Morgan fingerprint density at radius 1 is 1.30 bits per heavy atom. The van der Waals surface area contributed by atoms with Crippen LogP contribution in [0.15, 0.2) is 53.9 Å². The lowest BCUT2D eigenvalue weighted by atomic mass is 10.0. The van der Waals surface area contributed by atoms with Gasteiger partial charge in [-0.05, 0) is 30.7 Å². The standard InChI is InChI=1S/C21H17F3N6/c1-2-14-4-6-19(28-14)29-20-16-7-8-30(11-18(16)26-12-27-20)15-5-3-13(10-25)17(9-15)21(22,23)24/h2-5,9,12H,1,6-8,11H2,(H,26,27,28,29). The number of benzene rings is 1.